The summed E-state index contributed by atoms with van der Waals surface area (Å²) in [5.41, 5.74) is 5.83. The molecule has 0 bridgehead atoms. The van der Waals surface area contributed by atoms with Gasteiger partial charge in [0.1, 0.15) is 5.75 Å². The van der Waals surface area contributed by atoms with Crippen LogP contribution in [0.3, 0.4) is 0 Å². The number of para-hydroxylation sites is 1. The van der Waals surface area contributed by atoms with Gasteiger partial charge < -0.3 is 15.4 Å². The van der Waals surface area contributed by atoms with Crippen molar-refractivity contribution in [2.75, 3.05) is 19.3 Å². The Balaban J connectivity index is 1.94. The summed E-state index contributed by atoms with van der Waals surface area (Å²) in [7, 11) is 0. The molecule has 0 aliphatic carbocycles. The fraction of sp³-hybridized carbons (Fsp3) is 0.429. The van der Waals surface area contributed by atoms with Gasteiger partial charge in [-0.2, -0.15) is 11.8 Å². The van der Waals surface area contributed by atoms with Gasteiger partial charge in [0, 0.05) is 13.1 Å². The Morgan fingerprint density at radius 2 is 1.95 bits per heavy atom. The van der Waals surface area contributed by atoms with Crippen LogP contribution in [-0.4, -0.2) is 40.1 Å². The van der Waals surface area contributed by atoms with Gasteiger partial charge in [0.2, 0.25) is 0 Å². The molecule has 1 aromatic carbocycles. The number of thioether (sulfide) groups is 1. The van der Waals surface area contributed by atoms with Gasteiger partial charge in [-0.05, 0) is 31.2 Å². The van der Waals surface area contributed by atoms with E-state index in [4.69, 9.17) is 22.7 Å². The largest absolute Gasteiger partial charge is 0.415 e. The molecule has 0 saturated carbocycles. The van der Waals surface area contributed by atoms with Crippen molar-refractivity contribution in [2.24, 2.45) is 5.73 Å². The van der Waals surface area contributed by atoms with E-state index in [1.54, 1.807) is 28.8 Å². The molecule has 2 rings (SSSR count). The van der Waals surface area contributed by atoms with E-state index in [0.29, 0.717) is 23.8 Å². The van der Waals surface area contributed by atoms with E-state index in [9.17, 15) is 4.79 Å². The Kier molecular flexibility index (Phi) is 4.88. The number of likely N-dealkylation sites (tertiary alicyclic amines) is 1. The molecule has 1 heterocycles. The number of hydrogen-bond acceptors (Lipinski definition) is 4. The van der Waals surface area contributed by atoms with Crippen molar-refractivity contribution in [3.63, 3.8) is 0 Å². The van der Waals surface area contributed by atoms with Gasteiger partial charge in [-0.15, -0.1) is 0 Å². The highest BCUT2D eigenvalue weighted by molar-refractivity contribution is 8.02. The Labute approximate surface area is 128 Å². The molecule has 0 unspecified atom stereocenters. The standard InChI is InChI=1S/C14H18N2O2S2/c1-20-14(12(15)19)7-9-16(10-8-14)13(17)18-11-5-3-2-4-6-11/h2-6H,7-10H2,1H3,(H2,15,19). The zero-order valence-corrected chi connectivity index (χ0v) is 13.0. The number of nitrogens with zero attached hydrogens (tertiary/aromatic N) is 1. The molecule has 20 heavy (non-hydrogen) atoms. The van der Waals surface area contributed by atoms with Crippen molar-refractivity contribution in [1.82, 2.24) is 4.90 Å². The van der Waals surface area contributed by atoms with E-state index in [2.05, 4.69) is 0 Å². The third kappa shape index (κ3) is 3.24. The monoisotopic (exact) mass is 310 g/mol. The maximum atomic E-state index is 12.1. The minimum Gasteiger partial charge on any atom is -0.410 e. The lowest BCUT2D eigenvalue weighted by Gasteiger charge is -2.39. The van der Waals surface area contributed by atoms with Crippen LogP contribution in [0.4, 0.5) is 4.79 Å². The van der Waals surface area contributed by atoms with Crippen molar-refractivity contribution in [3.05, 3.63) is 30.3 Å². The summed E-state index contributed by atoms with van der Waals surface area (Å²) in [6.45, 7) is 1.23. The molecule has 1 aliphatic rings. The fourth-order valence-electron chi connectivity index (χ4n) is 2.26. The van der Waals surface area contributed by atoms with E-state index in [1.165, 1.54) is 0 Å². The average Bonchev–Trinajstić information content (AvgIpc) is 2.48. The molecule has 4 nitrogen and oxygen atoms in total. The SMILES string of the molecule is CSC1(C(N)=S)CCN(C(=O)Oc2ccccc2)CC1. The molecule has 0 radical (unpaired) electrons. The van der Waals surface area contributed by atoms with Gasteiger partial charge in [-0.1, -0.05) is 30.4 Å². The third-order valence-corrected chi connectivity index (χ3v) is 5.55. The second kappa shape index (κ2) is 6.45. The molecule has 0 aromatic heterocycles. The first-order valence-corrected chi connectivity index (χ1v) is 8.07. The third-order valence-electron chi connectivity index (χ3n) is 3.62. The molecular weight excluding hydrogens is 292 g/mol. The van der Waals surface area contributed by atoms with Crippen LogP contribution in [0.5, 0.6) is 5.75 Å². The summed E-state index contributed by atoms with van der Waals surface area (Å²) in [5.74, 6) is 0.563. The molecule has 6 heteroatoms. The molecule has 1 amide bonds. The summed E-state index contributed by atoms with van der Waals surface area (Å²) in [5, 5.41) is 0. The van der Waals surface area contributed by atoms with Crippen molar-refractivity contribution in [1.29, 1.82) is 0 Å². The molecule has 108 valence electrons. The lowest BCUT2D eigenvalue weighted by molar-refractivity contribution is 0.140. The molecule has 0 atom stereocenters. The Morgan fingerprint density at radius 1 is 1.35 bits per heavy atom. The number of carbonyl (C=O) groups is 1. The Hall–Kier alpha value is -1.27. The molecule has 1 aliphatic heterocycles. The number of amides is 1. The van der Waals surface area contributed by atoms with E-state index in [0.717, 1.165) is 12.8 Å². The van der Waals surface area contributed by atoms with Crippen LogP contribution < -0.4 is 10.5 Å². The average molecular weight is 310 g/mol. The Bertz CT molecular complexity index is 485. The van der Waals surface area contributed by atoms with Crippen LogP contribution >= 0.6 is 24.0 Å². The molecular formula is C14H18N2O2S2. The highest BCUT2D eigenvalue weighted by Gasteiger charge is 2.38. The van der Waals surface area contributed by atoms with Gasteiger partial charge in [-0.25, -0.2) is 4.79 Å². The van der Waals surface area contributed by atoms with Crippen molar-refractivity contribution in [2.45, 2.75) is 17.6 Å². The number of carbonyl (C=O) groups excluding carboxylic acids is 1. The van der Waals surface area contributed by atoms with E-state index >= 15 is 0 Å². The minimum absolute atomic E-state index is 0.182. The fourth-order valence-corrected chi connectivity index (χ4v) is 3.50. The van der Waals surface area contributed by atoms with Crippen molar-refractivity contribution >= 4 is 35.1 Å². The van der Waals surface area contributed by atoms with Gasteiger partial charge >= 0.3 is 6.09 Å². The normalized spacial score (nSPS) is 17.6. The molecule has 1 fully saturated rings. The van der Waals surface area contributed by atoms with Crippen LogP contribution in [0.1, 0.15) is 12.8 Å². The summed E-state index contributed by atoms with van der Waals surface area (Å²) in [6.07, 6.45) is 3.24. The molecule has 1 aromatic rings. The Morgan fingerprint density at radius 3 is 2.45 bits per heavy atom. The summed E-state index contributed by atoms with van der Waals surface area (Å²) in [4.78, 5) is 14.3. The van der Waals surface area contributed by atoms with Gasteiger partial charge in [0.25, 0.3) is 0 Å². The minimum atomic E-state index is -0.311. The lowest BCUT2D eigenvalue weighted by atomic mass is 9.96. The number of thiocarbonyl (C=S) groups is 1. The summed E-state index contributed by atoms with van der Waals surface area (Å²) in [6, 6.07) is 9.09. The highest BCUT2D eigenvalue weighted by atomic mass is 32.2. The zero-order chi connectivity index (χ0) is 14.6. The van der Waals surface area contributed by atoms with E-state index in [-0.39, 0.29) is 10.8 Å². The van der Waals surface area contributed by atoms with Crippen LogP contribution in [0.15, 0.2) is 30.3 Å². The molecule has 1 saturated heterocycles. The number of ether oxygens (including phenoxy) is 1. The first-order chi connectivity index (χ1) is 9.57. The van der Waals surface area contributed by atoms with Crippen LogP contribution in [0.25, 0.3) is 0 Å². The predicted octanol–water partition coefficient (Wildman–Crippen LogP) is 2.67. The predicted molar refractivity (Wildman–Crippen MR) is 86.3 cm³/mol. The maximum absolute atomic E-state index is 12.1. The van der Waals surface area contributed by atoms with Crippen LogP contribution in [0.2, 0.25) is 0 Å². The topological polar surface area (TPSA) is 55.6 Å². The van der Waals surface area contributed by atoms with Crippen molar-refractivity contribution in [3.8, 4) is 5.75 Å². The van der Waals surface area contributed by atoms with E-state index < -0.39 is 0 Å². The number of piperidine rings is 1. The number of nitrogens with two attached hydrogens (primary N) is 1. The summed E-state index contributed by atoms with van der Waals surface area (Å²) >= 11 is 6.83. The summed E-state index contributed by atoms with van der Waals surface area (Å²) < 4.78 is 5.15. The second-order valence-electron chi connectivity index (χ2n) is 4.73. The lowest BCUT2D eigenvalue weighted by Crippen LogP contribution is -2.51. The quantitative estimate of drug-likeness (QED) is 0.870. The zero-order valence-electron chi connectivity index (χ0n) is 11.4. The highest BCUT2D eigenvalue weighted by Crippen LogP contribution is 2.35. The van der Waals surface area contributed by atoms with E-state index in [1.807, 2.05) is 24.5 Å². The van der Waals surface area contributed by atoms with Crippen molar-refractivity contribution < 1.29 is 9.53 Å². The molecule has 2 N–H and O–H groups in total. The number of rotatable bonds is 3. The first kappa shape index (κ1) is 15.1. The second-order valence-corrected chi connectivity index (χ2v) is 6.36. The van der Waals surface area contributed by atoms with Crippen LogP contribution in [-0.2, 0) is 0 Å². The smallest absolute Gasteiger partial charge is 0.410 e. The van der Waals surface area contributed by atoms with Crippen LogP contribution in [0, 0.1) is 0 Å². The maximum Gasteiger partial charge on any atom is 0.415 e. The molecule has 0 spiro atoms. The van der Waals surface area contributed by atoms with Gasteiger partial charge in [0.05, 0.1) is 9.74 Å². The van der Waals surface area contributed by atoms with Gasteiger partial charge in [-0.3, -0.25) is 0 Å². The number of hydrogen-bond donors (Lipinski definition) is 1. The first-order valence-electron chi connectivity index (χ1n) is 6.44. The van der Waals surface area contributed by atoms with Gasteiger partial charge in [0.15, 0.2) is 0 Å². The number of benzene rings is 1.